The molecule has 1 aliphatic heterocycles. The van der Waals surface area contributed by atoms with E-state index in [4.69, 9.17) is 4.99 Å². The molecule has 1 fully saturated rings. The van der Waals surface area contributed by atoms with Gasteiger partial charge in [0.15, 0.2) is 0 Å². The Kier molecular flexibility index (Phi) is 16.0. The second kappa shape index (κ2) is 18.2. The van der Waals surface area contributed by atoms with Crippen LogP contribution in [0.15, 0.2) is 59.6 Å². The third kappa shape index (κ3) is 11.5. The Balaban J connectivity index is 2.49. The Labute approximate surface area is 381 Å². The van der Waals surface area contributed by atoms with Gasteiger partial charge < -0.3 is 0 Å². The minimum absolute atomic E-state index is 0.454. The minimum atomic E-state index is -3.85. The van der Waals surface area contributed by atoms with Crippen molar-refractivity contribution in [2.24, 2.45) is 4.99 Å². The van der Waals surface area contributed by atoms with E-state index in [1.807, 2.05) is 18.3 Å². The van der Waals surface area contributed by atoms with Crippen molar-refractivity contribution in [3.8, 4) is 0 Å². The van der Waals surface area contributed by atoms with Crippen LogP contribution in [-0.2, 0) is 0 Å². The van der Waals surface area contributed by atoms with E-state index in [1.165, 1.54) is 9.94 Å². The second-order valence-electron chi connectivity index (χ2n) is 25.6. The van der Waals surface area contributed by atoms with Gasteiger partial charge in [0.1, 0.15) is 0 Å². The van der Waals surface area contributed by atoms with Crippen molar-refractivity contribution >= 4 is 99.2 Å². The third-order valence-corrected chi connectivity index (χ3v) is 68.8. The summed E-state index contributed by atoms with van der Waals surface area (Å²) in [6, 6.07) is 22.2. The van der Waals surface area contributed by atoms with Gasteiger partial charge in [-0.15, -0.1) is 0 Å². The van der Waals surface area contributed by atoms with E-state index in [2.05, 4.69) is 232 Å². The number of hydrogen-bond donors (Lipinski definition) is 0. The molecule has 1 aliphatic rings. The summed E-state index contributed by atoms with van der Waals surface area (Å²) >= 11 is -3.85. The summed E-state index contributed by atoms with van der Waals surface area (Å²) in [5.74, 6) is 1.41. The fourth-order valence-electron chi connectivity index (χ4n) is 12.0. The molecule has 0 amide bonds. The van der Waals surface area contributed by atoms with E-state index in [-0.39, 0.29) is 0 Å². The summed E-state index contributed by atoms with van der Waals surface area (Å²) in [5, 5.41) is 2.04. The van der Waals surface area contributed by atoms with Gasteiger partial charge in [-0.1, -0.05) is 0 Å². The summed E-state index contributed by atoms with van der Waals surface area (Å²) in [6.07, 6.45) is 0. The molecule has 0 bridgehead atoms. The van der Waals surface area contributed by atoms with Gasteiger partial charge in [0.2, 0.25) is 0 Å². The first-order valence-electron chi connectivity index (χ1n) is 22.9. The van der Waals surface area contributed by atoms with E-state index in [0.29, 0.717) is 33.2 Å². The zero-order valence-electron chi connectivity index (χ0n) is 42.4. The van der Waals surface area contributed by atoms with Crippen LogP contribution < -0.4 is 7.16 Å². The summed E-state index contributed by atoms with van der Waals surface area (Å²) in [5.41, 5.74) is 11.4. The molecular formula is C49H87NS2Si6Sn. The molecular weight excluding hydrogens is 954 g/mol. The summed E-state index contributed by atoms with van der Waals surface area (Å²) in [7, 11) is -5.52. The van der Waals surface area contributed by atoms with Crippen LogP contribution in [-0.4, -0.2) is 68.4 Å². The predicted molar refractivity (Wildman–Crippen MR) is 297 cm³/mol. The van der Waals surface area contributed by atoms with Crippen LogP contribution in [0.25, 0.3) is 0 Å². The van der Waals surface area contributed by atoms with Crippen molar-refractivity contribution in [1.82, 2.24) is 0 Å². The van der Waals surface area contributed by atoms with Crippen LogP contribution in [0.4, 0.5) is 5.69 Å². The van der Waals surface area contributed by atoms with E-state index >= 15 is 0 Å². The number of benzene rings is 3. The molecule has 1 heterocycles. The summed E-state index contributed by atoms with van der Waals surface area (Å²) in [4.78, 5) is 5.50. The molecule has 4 rings (SSSR count). The van der Waals surface area contributed by atoms with Crippen molar-refractivity contribution in [3.63, 3.8) is 0 Å². The first-order chi connectivity index (χ1) is 26.5. The van der Waals surface area contributed by atoms with Crippen molar-refractivity contribution in [2.45, 2.75) is 193 Å². The van der Waals surface area contributed by atoms with E-state index in [1.54, 1.807) is 16.7 Å². The normalized spacial score (nSPS) is 17.6. The molecule has 1 nitrogen and oxygen atoms in total. The SMILES string of the molecule is CC(C)c1cc(C(C)C)[c]([Sn]2([c]3c(C([Si](C)(C)C)[Si](C)(C)C)cc(C([Si](C)(C)C)[Si](C)(C)C)cc3C([Si](C)(C)C)[Si](C)(C)C)[S]C(=Nc3ccccc3)[S]2)c(C(C)C)c1. The topological polar surface area (TPSA) is 12.4 Å². The monoisotopic (exact) mass is 1040 g/mol. The number of nitrogens with zero attached hydrogens (tertiary/aromatic N) is 1. The molecule has 59 heavy (non-hydrogen) atoms. The first-order valence-corrected chi connectivity index (χ1v) is 55.9. The van der Waals surface area contributed by atoms with Gasteiger partial charge in [-0.05, 0) is 0 Å². The van der Waals surface area contributed by atoms with E-state index in [0.717, 1.165) is 5.69 Å². The number of para-hydroxylation sites is 1. The summed E-state index contributed by atoms with van der Waals surface area (Å²) in [6.45, 7) is 63.7. The molecule has 1 saturated heterocycles. The molecule has 0 saturated carbocycles. The first kappa shape index (κ1) is 51.8. The maximum absolute atomic E-state index is 5.50. The summed E-state index contributed by atoms with van der Waals surface area (Å²) < 4.78 is 5.05. The average molecular weight is 1040 g/mol. The zero-order chi connectivity index (χ0) is 45.2. The van der Waals surface area contributed by atoms with Gasteiger partial charge in [0.05, 0.1) is 0 Å². The van der Waals surface area contributed by atoms with Crippen LogP contribution in [0, 0.1) is 0 Å². The standard InChI is InChI=1S/C27H59Si6.C15H23.C7H7NS2.Sn/c1-28(2,3)25(29(4,5)6)22-19-23(26(30(7,8)9)31(10,11)12)21-24(20-22)27(32(13,14)15)33(16,17)18;1-10(2)13-7-14(11(3)4)9-15(8-13)12(5)6;9-7(10)8-6-4-2-1-3-5-6;/h19-20,25-27H,1-18H3;7-8,10-12H,1-6H3;1-5H,(H2,8,9,10);/q;;;+2/p-2. The molecule has 0 atom stereocenters. The Morgan fingerprint density at radius 2 is 0.729 bits per heavy atom. The number of hydrogen-bond acceptors (Lipinski definition) is 3. The molecule has 0 aliphatic carbocycles. The van der Waals surface area contributed by atoms with Crippen molar-refractivity contribution < 1.29 is 0 Å². The molecule has 10 heteroatoms. The van der Waals surface area contributed by atoms with E-state index < -0.39 is 64.1 Å². The predicted octanol–water partition coefficient (Wildman–Crippen LogP) is 16.3. The van der Waals surface area contributed by atoms with E-state index in [9.17, 15) is 0 Å². The van der Waals surface area contributed by atoms with Crippen molar-refractivity contribution in [1.29, 1.82) is 0 Å². The Morgan fingerprint density at radius 1 is 0.407 bits per heavy atom. The molecule has 328 valence electrons. The molecule has 0 aromatic heterocycles. The van der Waals surface area contributed by atoms with Gasteiger partial charge in [0, 0.05) is 0 Å². The maximum atomic E-state index is 5.50. The van der Waals surface area contributed by atoms with Gasteiger partial charge in [-0.2, -0.15) is 0 Å². The van der Waals surface area contributed by atoms with Crippen LogP contribution in [0.5, 0.6) is 0 Å². The number of aliphatic imine (C=N–C) groups is 1. The van der Waals surface area contributed by atoms with Crippen LogP contribution in [0.3, 0.4) is 0 Å². The quantitative estimate of drug-likeness (QED) is 0.141. The fraction of sp³-hybridized carbons (Fsp3) is 0.612. The average Bonchev–Trinajstić information content (AvgIpc) is 2.98. The molecule has 0 radical (unpaired) electrons. The van der Waals surface area contributed by atoms with Gasteiger partial charge in [-0.3, -0.25) is 0 Å². The van der Waals surface area contributed by atoms with Crippen LogP contribution >= 0.6 is 17.9 Å². The van der Waals surface area contributed by atoms with Gasteiger partial charge in [0.25, 0.3) is 0 Å². The second-order valence-corrected chi connectivity index (χ2v) is 80.5. The molecule has 0 spiro atoms. The van der Waals surface area contributed by atoms with Crippen LogP contribution in [0.1, 0.15) is 108 Å². The van der Waals surface area contributed by atoms with Crippen molar-refractivity contribution in [2.75, 3.05) is 0 Å². The Hall–Kier alpha value is 0.130. The Morgan fingerprint density at radius 3 is 1.03 bits per heavy atom. The molecule has 3 aromatic carbocycles. The van der Waals surface area contributed by atoms with Gasteiger partial charge in [-0.25, -0.2) is 0 Å². The fourth-order valence-corrected chi connectivity index (χ4v) is 82.9. The van der Waals surface area contributed by atoms with Gasteiger partial charge >= 0.3 is 385 Å². The molecule has 0 unspecified atom stereocenters. The third-order valence-electron chi connectivity index (χ3n) is 12.6. The Bertz CT molecular complexity index is 1850. The number of rotatable bonds is 15. The van der Waals surface area contributed by atoms with Crippen LogP contribution in [0.2, 0.25) is 118 Å². The molecule has 3 aromatic rings. The van der Waals surface area contributed by atoms with Crippen molar-refractivity contribution in [3.05, 3.63) is 88.0 Å². The zero-order valence-corrected chi connectivity index (χ0v) is 52.9. The molecule has 0 N–H and O–H groups in total.